The Hall–Kier alpha value is -2.18. The number of carbonyl (C=O) groups is 2. The van der Waals surface area contributed by atoms with Crippen LogP contribution in [0.3, 0.4) is 0 Å². The van der Waals surface area contributed by atoms with Gasteiger partial charge in [0, 0.05) is 6.42 Å². The summed E-state index contributed by atoms with van der Waals surface area (Å²) in [6, 6.07) is -0.704. The largest absolute Gasteiger partial charge is 0.462 e. The van der Waals surface area contributed by atoms with Gasteiger partial charge >= 0.3 is 5.97 Å². The second kappa shape index (κ2) is 49.8. The maximum atomic E-state index is 13.2. The summed E-state index contributed by atoms with van der Waals surface area (Å²) in [5.74, 6) is -0.491. The van der Waals surface area contributed by atoms with Crippen LogP contribution in [0.2, 0.25) is 0 Å². The zero-order valence-corrected chi connectivity index (χ0v) is 41.3. The molecule has 3 N–H and O–H groups in total. The van der Waals surface area contributed by atoms with E-state index in [0.717, 1.165) is 77.0 Å². The molecule has 0 aliphatic heterocycles. The Kier molecular flexibility index (Phi) is 48.1. The minimum absolute atomic E-state index is 0.0703. The molecule has 0 spiro atoms. The number of hydrogen-bond acceptors (Lipinski definition) is 5. The third kappa shape index (κ3) is 44.4. The van der Waals surface area contributed by atoms with Gasteiger partial charge in [0.15, 0.2) is 0 Å². The van der Waals surface area contributed by atoms with Gasteiger partial charge in [-0.25, -0.2) is 0 Å². The van der Waals surface area contributed by atoms with Crippen LogP contribution in [0.25, 0.3) is 0 Å². The number of amides is 1. The summed E-state index contributed by atoms with van der Waals surface area (Å²) in [5, 5.41) is 23.7. The van der Waals surface area contributed by atoms with Crippen LogP contribution in [0, 0.1) is 0 Å². The summed E-state index contributed by atoms with van der Waals surface area (Å²) in [4.78, 5) is 26.2. The standard InChI is InChI=1S/C56H103NO5/c1-4-7-10-13-16-19-21-23-25-27-28-30-32-34-37-40-43-46-49-56(61)62-52(47-44-41-38-36-33-31-29-26-24-22-20-17-14-11-8-5-2)50-55(60)57-53(51-58)54(59)48-45-42-39-35-18-15-12-9-6-3/h16,19,21,23,25,27-28,30,52-54,58-59H,4-15,17-18,20,22,24,26,29,31-51H2,1-3H3,(H,57,60)/b19-16+,23-21+,27-25+,30-28+. The van der Waals surface area contributed by atoms with Crippen molar-refractivity contribution in [3.05, 3.63) is 48.6 Å². The van der Waals surface area contributed by atoms with E-state index in [1.54, 1.807) is 0 Å². The quantitative estimate of drug-likeness (QED) is 0.0322. The predicted octanol–water partition coefficient (Wildman–Crippen LogP) is 16.2. The van der Waals surface area contributed by atoms with Crippen LogP contribution in [0.4, 0.5) is 0 Å². The molecule has 0 rings (SSSR count). The number of carbonyl (C=O) groups excluding carboxylic acids is 2. The Morgan fingerprint density at radius 3 is 1.27 bits per heavy atom. The fraction of sp³-hybridized carbons (Fsp3) is 0.821. The molecule has 0 saturated carbocycles. The zero-order chi connectivity index (χ0) is 45.2. The molecule has 6 heteroatoms. The van der Waals surface area contributed by atoms with Gasteiger partial charge in [-0.3, -0.25) is 9.59 Å². The lowest BCUT2D eigenvalue weighted by Gasteiger charge is -2.24. The van der Waals surface area contributed by atoms with Crippen molar-refractivity contribution in [2.24, 2.45) is 0 Å². The third-order valence-corrected chi connectivity index (χ3v) is 12.3. The number of allylic oxidation sites excluding steroid dienone is 8. The molecule has 0 fully saturated rings. The predicted molar refractivity (Wildman–Crippen MR) is 269 cm³/mol. The normalized spacial score (nSPS) is 13.6. The second-order valence-corrected chi connectivity index (χ2v) is 18.4. The van der Waals surface area contributed by atoms with Crippen molar-refractivity contribution in [3.63, 3.8) is 0 Å². The summed E-state index contributed by atoms with van der Waals surface area (Å²) < 4.78 is 5.94. The lowest BCUT2D eigenvalue weighted by atomic mass is 10.0. The number of nitrogens with one attached hydrogen (secondary N) is 1. The van der Waals surface area contributed by atoms with E-state index in [-0.39, 0.29) is 24.9 Å². The molecule has 0 bridgehead atoms. The van der Waals surface area contributed by atoms with Crippen LogP contribution in [0.1, 0.15) is 271 Å². The van der Waals surface area contributed by atoms with E-state index < -0.39 is 18.2 Å². The average Bonchev–Trinajstić information content (AvgIpc) is 3.26. The van der Waals surface area contributed by atoms with E-state index in [0.29, 0.717) is 19.3 Å². The Morgan fingerprint density at radius 2 is 0.823 bits per heavy atom. The van der Waals surface area contributed by atoms with E-state index in [4.69, 9.17) is 4.74 Å². The molecule has 0 radical (unpaired) electrons. The average molecular weight is 870 g/mol. The first kappa shape index (κ1) is 59.8. The highest BCUT2D eigenvalue weighted by atomic mass is 16.5. The van der Waals surface area contributed by atoms with Crippen LogP contribution < -0.4 is 5.32 Å². The highest BCUT2D eigenvalue weighted by molar-refractivity contribution is 5.77. The summed E-state index contributed by atoms with van der Waals surface area (Å²) in [5.41, 5.74) is 0. The maximum absolute atomic E-state index is 13.2. The Balaban J connectivity index is 4.59. The smallest absolute Gasteiger partial charge is 0.306 e. The van der Waals surface area contributed by atoms with Gasteiger partial charge in [0.25, 0.3) is 0 Å². The number of rotatable bonds is 48. The fourth-order valence-corrected chi connectivity index (χ4v) is 8.15. The minimum Gasteiger partial charge on any atom is -0.462 e. The van der Waals surface area contributed by atoms with Crippen molar-refractivity contribution in [1.29, 1.82) is 0 Å². The van der Waals surface area contributed by atoms with E-state index >= 15 is 0 Å². The molecule has 3 unspecified atom stereocenters. The van der Waals surface area contributed by atoms with Gasteiger partial charge in [-0.05, 0) is 51.4 Å². The highest BCUT2D eigenvalue weighted by Gasteiger charge is 2.24. The zero-order valence-electron chi connectivity index (χ0n) is 41.3. The molecule has 0 aromatic heterocycles. The number of aliphatic hydroxyl groups excluding tert-OH is 2. The summed E-state index contributed by atoms with van der Waals surface area (Å²) >= 11 is 0. The molecule has 0 aromatic carbocycles. The number of unbranched alkanes of at least 4 members (excludes halogenated alkanes) is 31. The van der Waals surface area contributed by atoms with Gasteiger partial charge in [0.2, 0.25) is 5.91 Å². The van der Waals surface area contributed by atoms with Gasteiger partial charge < -0.3 is 20.3 Å². The molecule has 0 aliphatic rings. The monoisotopic (exact) mass is 870 g/mol. The van der Waals surface area contributed by atoms with E-state index in [9.17, 15) is 19.8 Å². The number of ether oxygens (including phenoxy) is 1. The van der Waals surface area contributed by atoms with Gasteiger partial charge in [-0.15, -0.1) is 0 Å². The first-order valence-corrected chi connectivity index (χ1v) is 26.9. The van der Waals surface area contributed by atoms with Crippen LogP contribution >= 0.6 is 0 Å². The number of hydrogen-bond donors (Lipinski definition) is 3. The summed E-state index contributed by atoms with van der Waals surface area (Å²) in [7, 11) is 0. The first-order valence-electron chi connectivity index (χ1n) is 26.9. The molecule has 1 amide bonds. The Labute approximate surface area is 385 Å². The van der Waals surface area contributed by atoms with Gasteiger partial charge in [0.1, 0.15) is 6.10 Å². The van der Waals surface area contributed by atoms with E-state index in [1.165, 1.54) is 148 Å². The summed E-state index contributed by atoms with van der Waals surface area (Å²) in [6.45, 7) is 6.44. The van der Waals surface area contributed by atoms with Crippen molar-refractivity contribution >= 4 is 11.9 Å². The lowest BCUT2D eigenvalue weighted by Crippen LogP contribution is -2.46. The molecule has 6 nitrogen and oxygen atoms in total. The first-order chi connectivity index (χ1) is 30.5. The van der Waals surface area contributed by atoms with Gasteiger partial charge in [0.05, 0.1) is 25.2 Å². The van der Waals surface area contributed by atoms with Crippen LogP contribution in [-0.4, -0.2) is 46.9 Å². The Bertz CT molecular complexity index is 1070. The van der Waals surface area contributed by atoms with Crippen molar-refractivity contribution in [2.75, 3.05) is 6.61 Å². The van der Waals surface area contributed by atoms with Crippen molar-refractivity contribution in [2.45, 2.75) is 289 Å². The fourth-order valence-electron chi connectivity index (χ4n) is 8.15. The molecule has 0 saturated heterocycles. The molecule has 0 heterocycles. The van der Waals surface area contributed by atoms with E-state index in [1.807, 2.05) is 0 Å². The van der Waals surface area contributed by atoms with Crippen molar-refractivity contribution < 1.29 is 24.5 Å². The van der Waals surface area contributed by atoms with E-state index in [2.05, 4.69) is 74.7 Å². The topological polar surface area (TPSA) is 95.9 Å². The molecular weight excluding hydrogens is 767 g/mol. The minimum atomic E-state index is -0.789. The lowest BCUT2D eigenvalue weighted by molar-refractivity contribution is -0.151. The van der Waals surface area contributed by atoms with Crippen molar-refractivity contribution in [1.82, 2.24) is 5.32 Å². The maximum Gasteiger partial charge on any atom is 0.306 e. The molecule has 3 atom stereocenters. The van der Waals surface area contributed by atoms with Gasteiger partial charge in [-0.2, -0.15) is 0 Å². The number of aliphatic hydroxyl groups is 2. The molecule has 62 heavy (non-hydrogen) atoms. The molecule has 0 aromatic rings. The number of esters is 1. The third-order valence-electron chi connectivity index (χ3n) is 12.3. The SMILES string of the molecule is CCCCC/C=C/C=C/C=C/C=C/CCCCCCCC(=O)OC(CCCCCCCCCCCCCCCCCC)CC(=O)NC(CO)C(O)CCCCCCCCCCC. The molecule has 0 aliphatic carbocycles. The summed E-state index contributed by atoms with van der Waals surface area (Å²) in [6.07, 6.45) is 60.3. The van der Waals surface area contributed by atoms with Crippen LogP contribution in [0.5, 0.6) is 0 Å². The highest BCUT2D eigenvalue weighted by Crippen LogP contribution is 2.18. The van der Waals surface area contributed by atoms with Crippen LogP contribution in [-0.2, 0) is 14.3 Å². The molecular formula is C56H103NO5. The van der Waals surface area contributed by atoms with Gasteiger partial charge in [-0.1, -0.05) is 256 Å². The second-order valence-electron chi connectivity index (χ2n) is 18.4. The van der Waals surface area contributed by atoms with Crippen molar-refractivity contribution in [3.8, 4) is 0 Å². The van der Waals surface area contributed by atoms with Crippen LogP contribution in [0.15, 0.2) is 48.6 Å². The molecule has 362 valence electrons. The Morgan fingerprint density at radius 1 is 0.468 bits per heavy atom.